The van der Waals surface area contributed by atoms with Crippen LogP contribution in [-0.4, -0.2) is 18.4 Å². The van der Waals surface area contributed by atoms with Gasteiger partial charge in [0.05, 0.1) is 12.4 Å². The van der Waals surface area contributed by atoms with Gasteiger partial charge in [0, 0.05) is 9.75 Å². The molecule has 1 N–H and O–H groups in total. The molecule has 0 aliphatic rings. The minimum absolute atomic E-state index is 0.103. The molecule has 0 fully saturated rings. The number of rotatable bonds is 3. The average molecular weight is 304 g/mol. The van der Waals surface area contributed by atoms with E-state index in [-0.39, 0.29) is 15.9 Å². The number of aryl methyl sites for hydroxylation is 2. The molecule has 2 rings (SSSR count). The van der Waals surface area contributed by atoms with Crippen molar-refractivity contribution in [3.63, 3.8) is 0 Å². The van der Waals surface area contributed by atoms with Crippen molar-refractivity contribution < 1.29 is 8.42 Å². The normalized spacial score (nSPS) is 11.5. The second-order valence-electron chi connectivity index (χ2n) is 3.61. The Kier molecular flexibility index (Phi) is 3.56. The Hall–Kier alpha value is -1.18. The van der Waals surface area contributed by atoms with E-state index in [0.29, 0.717) is 0 Å². The number of aromatic nitrogens is 2. The first-order valence-corrected chi connectivity index (χ1v) is 7.63. The van der Waals surface area contributed by atoms with Crippen molar-refractivity contribution in [2.45, 2.75) is 18.7 Å². The van der Waals surface area contributed by atoms with Gasteiger partial charge in [-0.2, -0.15) is 0 Å². The van der Waals surface area contributed by atoms with Crippen molar-refractivity contribution in [2.24, 2.45) is 0 Å². The molecule has 18 heavy (non-hydrogen) atoms. The summed E-state index contributed by atoms with van der Waals surface area (Å²) < 4.78 is 26.6. The summed E-state index contributed by atoms with van der Waals surface area (Å²) in [6, 6.07) is 1.63. The molecule has 0 unspecified atom stereocenters. The van der Waals surface area contributed by atoms with Crippen LogP contribution in [0.3, 0.4) is 0 Å². The van der Waals surface area contributed by atoms with Gasteiger partial charge in [0.2, 0.25) is 0 Å². The largest absolute Gasteiger partial charge is 0.264 e. The van der Waals surface area contributed by atoms with E-state index in [9.17, 15) is 8.42 Å². The van der Waals surface area contributed by atoms with E-state index in [0.717, 1.165) is 9.75 Å². The molecule has 0 radical (unpaired) electrons. The summed E-state index contributed by atoms with van der Waals surface area (Å²) in [6.45, 7) is 3.62. The standard InChI is InChI=1S/C10H10ClN3O2S2/c1-6-3-8(7(2)17-6)18(15,16)14-10-5-12-4-9(11)13-10/h3-5H,1-2H3,(H,13,14). The van der Waals surface area contributed by atoms with Crippen molar-refractivity contribution in [1.29, 1.82) is 0 Å². The smallest absolute Gasteiger partial charge is 0.262 e. The van der Waals surface area contributed by atoms with Gasteiger partial charge in [-0.05, 0) is 19.9 Å². The molecule has 0 aliphatic carbocycles. The van der Waals surface area contributed by atoms with Crippen molar-refractivity contribution >= 4 is 38.8 Å². The van der Waals surface area contributed by atoms with Crippen LogP contribution in [0.2, 0.25) is 5.15 Å². The number of nitrogens with zero attached hydrogens (tertiary/aromatic N) is 2. The van der Waals surface area contributed by atoms with Crippen LogP contribution in [0.5, 0.6) is 0 Å². The molecule has 2 aromatic heterocycles. The van der Waals surface area contributed by atoms with Crippen LogP contribution in [-0.2, 0) is 10.0 Å². The summed E-state index contributed by atoms with van der Waals surface area (Å²) in [6.07, 6.45) is 2.64. The molecule has 2 heterocycles. The highest BCUT2D eigenvalue weighted by Gasteiger charge is 2.19. The first kappa shape index (κ1) is 13.3. The van der Waals surface area contributed by atoms with Crippen LogP contribution in [0.1, 0.15) is 9.75 Å². The fourth-order valence-electron chi connectivity index (χ4n) is 1.46. The average Bonchev–Trinajstić information content (AvgIpc) is 2.58. The van der Waals surface area contributed by atoms with E-state index in [4.69, 9.17) is 11.6 Å². The Bertz CT molecular complexity index is 682. The zero-order valence-electron chi connectivity index (χ0n) is 9.64. The molecular formula is C10H10ClN3O2S2. The van der Waals surface area contributed by atoms with Gasteiger partial charge >= 0.3 is 0 Å². The molecule has 0 saturated carbocycles. The summed E-state index contributed by atoms with van der Waals surface area (Å²) >= 11 is 7.08. The van der Waals surface area contributed by atoms with E-state index in [2.05, 4.69) is 14.7 Å². The quantitative estimate of drug-likeness (QED) is 0.946. The maximum atomic E-state index is 12.1. The summed E-state index contributed by atoms with van der Waals surface area (Å²) in [5.74, 6) is 0.103. The van der Waals surface area contributed by atoms with Gasteiger partial charge in [0.15, 0.2) is 5.82 Å². The third kappa shape index (κ3) is 2.80. The second kappa shape index (κ2) is 4.83. The highest BCUT2D eigenvalue weighted by molar-refractivity contribution is 7.93. The lowest BCUT2D eigenvalue weighted by atomic mass is 10.4. The fraction of sp³-hybridized carbons (Fsp3) is 0.200. The lowest BCUT2D eigenvalue weighted by molar-refractivity contribution is 0.601. The lowest BCUT2D eigenvalue weighted by Gasteiger charge is -2.06. The van der Waals surface area contributed by atoms with E-state index in [1.807, 2.05) is 6.92 Å². The topological polar surface area (TPSA) is 72.0 Å². The number of halogens is 1. The number of anilines is 1. The van der Waals surface area contributed by atoms with Crippen LogP contribution in [0, 0.1) is 13.8 Å². The predicted octanol–water partition coefficient (Wildman–Crippen LogP) is 2.61. The van der Waals surface area contributed by atoms with Crippen LogP contribution < -0.4 is 4.72 Å². The zero-order chi connectivity index (χ0) is 13.3. The molecule has 0 atom stereocenters. The summed E-state index contributed by atoms with van der Waals surface area (Å²) in [5, 5.41) is 0.133. The Morgan fingerprint density at radius 2 is 2.06 bits per heavy atom. The fourth-order valence-corrected chi connectivity index (χ4v) is 4.15. The zero-order valence-corrected chi connectivity index (χ0v) is 12.0. The molecule has 0 amide bonds. The Morgan fingerprint density at radius 1 is 1.33 bits per heavy atom. The van der Waals surface area contributed by atoms with E-state index < -0.39 is 10.0 Å². The first-order chi connectivity index (χ1) is 8.38. The molecular weight excluding hydrogens is 294 g/mol. The maximum Gasteiger partial charge on any atom is 0.264 e. The van der Waals surface area contributed by atoms with Crippen LogP contribution in [0.4, 0.5) is 5.82 Å². The van der Waals surface area contributed by atoms with E-state index in [1.165, 1.54) is 23.7 Å². The predicted molar refractivity (Wildman–Crippen MR) is 71.6 cm³/mol. The van der Waals surface area contributed by atoms with Gasteiger partial charge in [-0.15, -0.1) is 11.3 Å². The van der Waals surface area contributed by atoms with Crippen molar-refractivity contribution in [1.82, 2.24) is 9.97 Å². The molecule has 0 aromatic carbocycles. The van der Waals surface area contributed by atoms with Gasteiger partial charge in [-0.1, -0.05) is 11.6 Å². The second-order valence-corrected chi connectivity index (χ2v) is 7.11. The van der Waals surface area contributed by atoms with Crippen LogP contribution in [0.15, 0.2) is 23.4 Å². The number of hydrogen-bond acceptors (Lipinski definition) is 5. The number of hydrogen-bond donors (Lipinski definition) is 1. The lowest BCUT2D eigenvalue weighted by Crippen LogP contribution is -2.14. The summed E-state index contributed by atoms with van der Waals surface area (Å²) in [4.78, 5) is 9.53. The Balaban J connectivity index is 2.36. The van der Waals surface area contributed by atoms with Gasteiger partial charge in [-0.3, -0.25) is 9.71 Å². The molecule has 0 aliphatic heterocycles. The monoisotopic (exact) mass is 303 g/mol. The third-order valence-corrected chi connectivity index (χ3v) is 4.89. The van der Waals surface area contributed by atoms with Crippen molar-refractivity contribution in [3.05, 3.63) is 33.4 Å². The van der Waals surface area contributed by atoms with Gasteiger partial charge in [-0.25, -0.2) is 13.4 Å². The van der Waals surface area contributed by atoms with Crippen LogP contribution in [0.25, 0.3) is 0 Å². The Morgan fingerprint density at radius 3 is 2.61 bits per heavy atom. The molecule has 5 nitrogen and oxygen atoms in total. The van der Waals surface area contributed by atoms with Gasteiger partial charge in [0.25, 0.3) is 10.0 Å². The summed E-state index contributed by atoms with van der Waals surface area (Å²) in [5.41, 5.74) is 0. The minimum atomic E-state index is -3.64. The van der Waals surface area contributed by atoms with E-state index in [1.54, 1.807) is 13.0 Å². The van der Waals surface area contributed by atoms with Crippen LogP contribution >= 0.6 is 22.9 Å². The van der Waals surface area contributed by atoms with Crippen molar-refractivity contribution in [3.8, 4) is 0 Å². The Labute approximate surface area is 114 Å². The number of nitrogens with one attached hydrogen (secondary N) is 1. The summed E-state index contributed by atoms with van der Waals surface area (Å²) in [7, 11) is -3.64. The molecule has 0 saturated heterocycles. The van der Waals surface area contributed by atoms with Crippen molar-refractivity contribution in [2.75, 3.05) is 4.72 Å². The third-order valence-electron chi connectivity index (χ3n) is 2.13. The number of sulfonamides is 1. The SMILES string of the molecule is Cc1cc(S(=O)(=O)Nc2cncc(Cl)n2)c(C)s1. The number of thiophene rings is 1. The minimum Gasteiger partial charge on any atom is -0.262 e. The molecule has 96 valence electrons. The van der Waals surface area contributed by atoms with Gasteiger partial charge in [0.1, 0.15) is 10.0 Å². The molecule has 8 heteroatoms. The highest BCUT2D eigenvalue weighted by atomic mass is 35.5. The van der Waals surface area contributed by atoms with Gasteiger partial charge < -0.3 is 0 Å². The molecule has 0 bridgehead atoms. The maximum absolute atomic E-state index is 12.1. The molecule has 0 spiro atoms. The molecule has 2 aromatic rings. The highest BCUT2D eigenvalue weighted by Crippen LogP contribution is 2.26. The van der Waals surface area contributed by atoms with E-state index >= 15 is 0 Å². The first-order valence-electron chi connectivity index (χ1n) is 4.96.